The zero-order chi connectivity index (χ0) is 12.8. The van der Waals surface area contributed by atoms with Gasteiger partial charge in [0.25, 0.3) is 0 Å². The van der Waals surface area contributed by atoms with Gasteiger partial charge >= 0.3 is 0 Å². The highest BCUT2D eigenvalue weighted by atomic mass is 16.1. The van der Waals surface area contributed by atoms with E-state index in [1.54, 1.807) is 12.4 Å². The number of rotatable bonds is 5. The van der Waals surface area contributed by atoms with Crippen LogP contribution in [-0.2, 0) is 17.8 Å². The molecule has 2 rings (SSSR count). The van der Waals surface area contributed by atoms with Gasteiger partial charge in [-0.25, -0.2) is 4.98 Å². The van der Waals surface area contributed by atoms with Crippen molar-refractivity contribution in [3.63, 3.8) is 0 Å². The number of carbonyl (C=O) groups excluding carboxylic acids is 1. The topological polar surface area (TPSA) is 83.8 Å². The highest BCUT2D eigenvalue weighted by Gasteiger charge is 2.04. The molecule has 0 spiro atoms. The normalized spacial score (nSPS) is 10.2. The molecule has 2 aromatic rings. The van der Waals surface area contributed by atoms with Crippen molar-refractivity contribution in [1.82, 2.24) is 15.3 Å². The van der Waals surface area contributed by atoms with Gasteiger partial charge in [-0.15, -0.1) is 0 Å². The Balaban J connectivity index is 1.77. The highest BCUT2D eigenvalue weighted by molar-refractivity contribution is 5.76. The maximum absolute atomic E-state index is 11.6. The molecule has 0 radical (unpaired) electrons. The molecule has 0 bridgehead atoms. The molecule has 0 fully saturated rings. The lowest BCUT2D eigenvalue weighted by Gasteiger charge is -2.05. The van der Waals surface area contributed by atoms with E-state index in [1.807, 2.05) is 24.3 Å². The second-order valence-corrected chi connectivity index (χ2v) is 4.01. The molecule has 94 valence electrons. The molecule has 0 aliphatic rings. The maximum atomic E-state index is 11.6. The number of nitrogens with zero attached hydrogens (tertiary/aromatic N) is 1. The number of nitrogens with one attached hydrogen (secondary N) is 2. The Kier molecular flexibility index (Phi) is 3.96. The number of aryl methyl sites for hydroxylation is 1. The van der Waals surface area contributed by atoms with E-state index in [9.17, 15) is 4.79 Å². The van der Waals surface area contributed by atoms with Crippen molar-refractivity contribution >= 4 is 11.6 Å². The van der Waals surface area contributed by atoms with E-state index < -0.39 is 0 Å². The second kappa shape index (κ2) is 5.86. The quantitative estimate of drug-likeness (QED) is 0.692. The standard InChI is InChI=1S/C13H16N4O/c14-11-4-2-1-3-10(11)5-6-13(18)17-9-12-15-7-8-16-12/h1-4,7-8H,5-6,9,14H2,(H,15,16)(H,17,18). The lowest BCUT2D eigenvalue weighted by Crippen LogP contribution is -2.23. The number of hydrogen-bond donors (Lipinski definition) is 3. The molecule has 0 saturated carbocycles. The fraction of sp³-hybridized carbons (Fsp3) is 0.231. The minimum absolute atomic E-state index is 0.00495. The Bertz CT molecular complexity index is 507. The number of carbonyl (C=O) groups is 1. The highest BCUT2D eigenvalue weighted by Crippen LogP contribution is 2.12. The monoisotopic (exact) mass is 244 g/mol. The number of nitrogens with two attached hydrogens (primary N) is 1. The molecule has 5 heteroatoms. The predicted octanol–water partition coefficient (Wildman–Crippen LogP) is 1.24. The minimum Gasteiger partial charge on any atom is -0.399 e. The van der Waals surface area contributed by atoms with E-state index in [0.29, 0.717) is 19.4 Å². The van der Waals surface area contributed by atoms with Crippen molar-refractivity contribution in [3.8, 4) is 0 Å². The Morgan fingerprint density at radius 2 is 2.22 bits per heavy atom. The van der Waals surface area contributed by atoms with E-state index in [-0.39, 0.29) is 5.91 Å². The Hall–Kier alpha value is -2.30. The van der Waals surface area contributed by atoms with Gasteiger partial charge < -0.3 is 16.0 Å². The summed E-state index contributed by atoms with van der Waals surface area (Å²) in [7, 11) is 0. The number of H-pyrrole nitrogens is 1. The molecule has 0 atom stereocenters. The first kappa shape index (κ1) is 12.2. The van der Waals surface area contributed by atoms with Gasteiger partial charge in [0.1, 0.15) is 5.82 Å². The average Bonchev–Trinajstić information content (AvgIpc) is 2.88. The van der Waals surface area contributed by atoms with Crippen molar-refractivity contribution < 1.29 is 4.79 Å². The predicted molar refractivity (Wildman–Crippen MR) is 69.6 cm³/mol. The number of nitrogen functional groups attached to an aromatic ring is 1. The summed E-state index contributed by atoms with van der Waals surface area (Å²) in [6, 6.07) is 7.59. The first-order valence-electron chi connectivity index (χ1n) is 5.84. The van der Waals surface area contributed by atoms with Gasteiger partial charge in [0, 0.05) is 24.5 Å². The van der Waals surface area contributed by atoms with Crippen LogP contribution in [0.2, 0.25) is 0 Å². The van der Waals surface area contributed by atoms with Crippen LogP contribution in [0.4, 0.5) is 5.69 Å². The number of para-hydroxylation sites is 1. The van der Waals surface area contributed by atoms with Crippen LogP contribution < -0.4 is 11.1 Å². The number of aromatic nitrogens is 2. The van der Waals surface area contributed by atoms with Crippen LogP contribution in [0.5, 0.6) is 0 Å². The first-order valence-corrected chi connectivity index (χ1v) is 5.84. The summed E-state index contributed by atoms with van der Waals surface area (Å²) in [6.45, 7) is 0.427. The van der Waals surface area contributed by atoms with Crippen LogP contribution >= 0.6 is 0 Å². The molecule has 18 heavy (non-hydrogen) atoms. The SMILES string of the molecule is Nc1ccccc1CCC(=O)NCc1ncc[nH]1. The molecule has 1 aromatic carbocycles. The Labute approximate surface area is 105 Å². The summed E-state index contributed by atoms with van der Waals surface area (Å²) in [4.78, 5) is 18.6. The molecule has 0 aliphatic heterocycles. The Morgan fingerprint density at radius 3 is 2.94 bits per heavy atom. The number of imidazole rings is 1. The fourth-order valence-electron chi connectivity index (χ4n) is 1.68. The van der Waals surface area contributed by atoms with Crippen molar-refractivity contribution in [2.45, 2.75) is 19.4 Å². The number of benzene rings is 1. The van der Waals surface area contributed by atoms with Crippen LogP contribution in [0.3, 0.4) is 0 Å². The van der Waals surface area contributed by atoms with Gasteiger partial charge in [0.2, 0.25) is 5.91 Å². The van der Waals surface area contributed by atoms with E-state index in [0.717, 1.165) is 17.1 Å². The molecule has 0 saturated heterocycles. The van der Waals surface area contributed by atoms with Gasteiger partial charge in [-0.1, -0.05) is 18.2 Å². The van der Waals surface area contributed by atoms with E-state index >= 15 is 0 Å². The number of anilines is 1. The summed E-state index contributed by atoms with van der Waals surface area (Å²) in [5, 5.41) is 2.80. The molecule has 0 aliphatic carbocycles. The smallest absolute Gasteiger partial charge is 0.220 e. The Morgan fingerprint density at radius 1 is 1.39 bits per heavy atom. The van der Waals surface area contributed by atoms with Crippen molar-refractivity contribution in [2.24, 2.45) is 0 Å². The van der Waals surface area contributed by atoms with Crippen LogP contribution in [0.15, 0.2) is 36.7 Å². The van der Waals surface area contributed by atoms with Crippen LogP contribution in [0.1, 0.15) is 17.8 Å². The summed E-state index contributed by atoms with van der Waals surface area (Å²) in [6.07, 6.45) is 4.46. The van der Waals surface area contributed by atoms with Gasteiger partial charge in [-0.05, 0) is 18.1 Å². The molecule has 4 N–H and O–H groups in total. The van der Waals surface area contributed by atoms with Gasteiger partial charge in [-0.2, -0.15) is 0 Å². The molecule has 0 unspecified atom stereocenters. The molecule has 1 heterocycles. The van der Waals surface area contributed by atoms with Crippen LogP contribution in [0.25, 0.3) is 0 Å². The number of amides is 1. The third-order valence-corrected chi connectivity index (χ3v) is 2.68. The van der Waals surface area contributed by atoms with Gasteiger partial charge in [-0.3, -0.25) is 4.79 Å². The molecule has 1 amide bonds. The van der Waals surface area contributed by atoms with Crippen LogP contribution in [-0.4, -0.2) is 15.9 Å². The number of aromatic amines is 1. The maximum Gasteiger partial charge on any atom is 0.220 e. The summed E-state index contributed by atoms with van der Waals surface area (Å²) in [5.41, 5.74) is 7.55. The first-order chi connectivity index (χ1) is 8.75. The molecule has 1 aromatic heterocycles. The molecular formula is C13H16N4O. The van der Waals surface area contributed by atoms with Gasteiger partial charge in [0.15, 0.2) is 0 Å². The average molecular weight is 244 g/mol. The third-order valence-electron chi connectivity index (χ3n) is 2.68. The molecular weight excluding hydrogens is 228 g/mol. The van der Waals surface area contributed by atoms with E-state index in [4.69, 9.17) is 5.73 Å². The van der Waals surface area contributed by atoms with Crippen molar-refractivity contribution in [3.05, 3.63) is 48.0 Å². The largest absolute Gasteiger partial charge is 0.399 e. The van der Waals surface area contributed by atoms with Gasteiger partial charge in [0.05, 0.1) is 6.54 Å². The summed E-state index contributed by atoms with van der Waals surface area (Å²) >= 11 is 0. The van der Waals surface area contributed by atoms with E-state index in [2.05, 4.69) is 15.3 Å². The van der Waals surface area contributed by atoms with Crippen molar-refractivity contribution in [2.75, 3.05) is 5.73 Å². The lowest BCUT2D eigenvalue weighted by molar-refractivity contribution is -0.121. The number of hydrogen-bond acceptors (Lipinski definition) is 3. The third kappa shape index (κ3) is 3.35. The summed E-state index contributed by atoms with van der Waals surface area (Å²) in [5.74, 6) is 0.747. The minimum atomic E-state index is -0.00495. The summed E-state index contributed by atoms with van der Waals surface area (Å²) < 4.78 is 0. The van der Waals surface area contributed by atoms with Crippen molar-refractivity contribution in [1.29, 1.82) is 0 Å². The molecule has 5 nitrogen and oxygen atoms in total. The van der Waals surface area contributed by atoms with Crippen LogP contribution in [0, 0.1) is 0 Å². The van der Waals surface area contributed by atoms with E-state index in [1.165, 1.54) is 0 Å². The zero-order valence-electron chi connectivity index (χ0n) is 10.0. The fourth-order valence-corrected chi connectivity index (χ4v) is 1.68. The second-order valence-electron chi connectivity index (χ2n) is 4.01. The lowest BCUT2D eigenvalue weighted by atomic mass is 10.1. The zero-order valence-corrected chi connectivity index (χ0v) is 10.0.